The van der Waals surface area contributed by atoms with Gasteiger partial charge in [-0.2, -0.15) is 0 Å². The number of benzene rings is 2. The van der Waals surface area contributed by atoms with E-state index in [2.05, 4.69) is 20.8 Å². The van der Waals surface area contributed by atoms with E-state index in [1.807, 2.05) is 24.3 Å². The van der Waals surface area contributed by atoms with Crippen molar-refractivity contribution in [1.29, 1.82) is 0 Å². The molecule has 32 heavy (non-hydrogen) atoms. The first-order valence-electron chi connectivity index (χ1n) is 10.9. The molecule has 0 aromatic heterocycles. The van der Waals surface area contributed by atoms with Crippen molar-refractivity contribution in [3.8, 4) is 0 Å². The van der Waals surface area contributed by atoms with Gasteiger partial charge in [-0.05, 0) is 53.6 Å². The van der Waals surface area contributed by atoms with Crippen molar-refractivity contribution in [2.24, 2.45) is 0 Å². The predicted octanol–water partition coefficient (Wildman–Crippen LogP) is 5.24. The van der Waals surface area contributed by atoms with Crippen LogP contribution in [0.25, 0.3) is 5.76 Å². The zero-order valence-electron chi connectivity index (χ0n) is 18.6. The van der Waals surface area contributed by atoms with Crippen LogP contribution in [-0.4, -0.2) is 41.0 Å². The average Bonchev–Trinajstić information content (AvgIpc) is 3.36. The minimum Gasteiger partial charge on any atom is -0.507 e. The fourth-order valence-electron chi connectivity index (χ4n) is 4.35. The number of carbonyl (C=O) groups is 2. The lowest BCUT2D eigenvalue weighted by atomic mass is 9.85. The van der Waals surface area contributed by atoms with Crippen LogP contribution < -0.4 is 0 Å². The van der Waals surface area contributed by atoms with Crippen molar-refractivity contribution in [2.45, 2.75) is 51.2 Å². The predicted molar refractivity (Wildman–Crippen MR) is 125 cm³/mol. The van der Waals surface area contributed by atoms with Crippen LogP contribution >= 0.6 is 11.6 Å². The summed E-state index contributed by atoms with van der Waals surface area (Å²) in [5.41, 5.74) is 2.45. The van der Waals surface area contributed by atoms with Crippen molar-refractivity contribution in [3.05, 3.63) is 75.8 Å². The lowest BCUT2D eigenvalue weighted by molar-refractivity contribution is -0.140. The highest BCUT2D eigenvalue weighted by Gasteiger charge is 2.47. The highest BCUT2D eigenvalue weighted by molar-refractivity contribution is 6.46. The molecule has 2 aliphatic heterocycles. The maximum Gasteiger partial charge on any atom is 0.295 e. The summed E-state index contributed by atoms with van der Waals surface area (Å²) in [6.45, 7) is 7.36. The van der Waals surface area contributed by atoms with Crippen molar-refractivity contribution >= 4 is 29.1 Å². The number of Topliss-reactive ketones (excluding diaryl/α,β-unsaturated/α-hetero) is 1. The van der Waals surface area contributed by atoms with Gasteiger partial charge in [0.15, 0.2) is 0 Å². The molecule has 0 spiro atoms. The number of aliphatic hydroxyl groups is 1. The maximum absolute atomic E-state index is 13.1. The normalized spacial score (nSPS) is 23.2. The van der Waals surface area contributed by atoms with E-state index in [4.69, 9.17) is 16.3 Å². The molecule has 2 aromatic carbocycles. The molecule has 2 saturated heterocycles. The van der Waals surface area contributed by atoms with E-state index in [0.717, 1.165) is 24.0 Å². The van der Waals surface area contributed by atoms with E-state index in [1.54, 1.807) is 29.2 Å². The van der Waals surface area contributed by atoms with Crippen LogP contribution in [0.4, 0.5) is 0 Å². The number of hydrogen-bond acceptors (Lipinski definition) is 4. The smallest absolute Gasteiger partial charge is 0.295 e. The molecule has 2 atom stereocenters. The molecule has 2 heterocycles. The van der Waals surface area contributed by atoms with Crippen LogP contribution in [0.15, 0.2) is 54.1 Å². The Kier molecular flexibility index (Phi) is 6.15. The minimum absolute atomic E-state index is 0.0265. The summed E-state index contributed by atoms with van der Waals surface area (Å²) in [6, 6.07) is 13.8. The molecule has 0 bridgehead atoms. The standard InChI is InChI=1S/C26H28ClNO4/c1-26(2,3)18-10-6-16(7-11-18)22-21(23(29)17-8-12-19(27)13-9-17)24(30)25(31)28(22)15-20-5-4-14-32-20/h6-13,20,22,29H,4-5,14-15H2,1-3H3/b23-21+/t20-,22+/m1/s1. The Bertz CT molecular complexity index is 1040. The number of rotatable bonds is 4. The Morgan fingerprint density at radius 2 is 1.75 bits per heavy atom. The minimum atomic E-state index is -0.680. The third-order valence-electron chi connectivity index (χ3n) is 6.17. The summed E-state index contributed by atoms with van der Waals surface area (Å²) >= 11 is 5.98. The first-order chi connectivity index (χ1) is 15.2. The molecule has 2 fully saturated rings. The van der Waals surface area contributed by atoms with E-state index in [1.165, 1.54) is 0 Å². The van der Waals surface area contributed by atoms with Gasteiger partial charge >= 0.3 is 0 Å². The number of amides is 1. The molecule has 0 saturated carbocycles. The quantitative estimate of drug-likeness (QED) is 0.390. The number of halogens is 1. The van der Waals surface area contributed by atoms with Gasteiger partial charge in [-0.1, -0.05) is 56.6 Å². The molecule has 168 valence electrons. The Morgan fingerprint density at radius 1 is 1.09 bits per heavy atom. The number of nitrogens with zero attached hydrogens (tertiary/aromatic N) is 1. The molecule has 0 aliphatic carbocycles. The SMILES string of the molecule is CC(C)(C)c1ccc([C@H]2/C(=C(\O)c3ccc(Cl)cc3)C(=O)C(=O)N2C[C@H]2CCCO2)cc1. The second-order valence-corrected chi connectivity index (χ2v) is 9.90. The van der Waals surface area contributed by atoms with Crippen LogP contribution in [0.3, 0.4) is 0 Å². The summed E-state index contributed by atoms with van der Waals surface area (Å²) < 4.78 is 5.74. The summed E-state index contributed by atoms with van der Waals surface area (Å²) in [5, 5.41) is 11.6. The Morgan fingerprint density at radius 3 is 2.31 bits per heavy atom. The molecule has 2 aromatic rings. The number of hydrogen-bond donors (Lipinski definition) is 1. The van der Waals surface area contributed by atoms with Gasteiger partial charge in [0.1, 0.15) is 5.76 Å². The number of carbonyl (C=O) groups excluding carboxylic acids is 2. The zero-order chi connectivity index (χ0) is 23.0. The molecule has 4 rings (SSSR count). The van der Waals surface area contributed by atoms with Crippen molar-refractivity contribution in [2.75, 3.05) is 13.2 Å². The zero-order valence-corrected chi connectivity index (χ0v) is 19.4. The van der Waals surface area contributed by atoms with Crippen molar-refractivity contribution in [3.63, 3.8) is 0 Å². The summed E-state index contributed by atoms with van der Waals surface area (Å²) in [6.07, 6.45) is 1.67. The largest absolute Gasteiger partial charge is 0.507 e. The number of ether oxygens (including phenoxy) is 1. The van der Waals surface area contributed by atoms with Crippen molar-refractivity contribution < 1.29 is 19.4 Å². The lowest BCUT2D eigenvalue weighted by Gasteiger charge is -2.28. The van der Waals surface area contributed by atoms with Crippen LogP contribution in [0.2, 0.25) is 5.02 Å². The maximum atomic E-state index is 13.1. The van der Waals surface area contributed by atoms with Crippen LogP contribution in [-0.2, 0) is 19.7 Å². The van der Waals surface area contributed by atoms with Crippen LogP contribution in [0.5, 0.6) is 0 Å². The van der Waals surface area contributed by atoms with Gasteiger partial charge in [0.25, 0.3) is 11.7 Å². The first kappa shape index (κ1) is 22.6. The fourth-order valence-corrected chi connectivity index (χ4v) is 4.48. The van der Waals surface area contributed by atoms with E-state index < -0.39 is 17.7 Å². The molecular weight excluding hydrogens is 426 g/mol. The molecule has 5 nitrogen and oxygen atoms in total. The third-order valence-corrected chi connectivity index (χ3v) is 6.43. The topological polar surface area (TPSA) is 66.8 Å². The van der Waals surface area contributed by atoms with Gasteiger partial charge in [-0.25, -0.2) is 0 Å². The van der Waals surface area contributed by atoms with E-state index in [-0.39, 0.29) is 22.9 Å². The van der Waals surface area contributed by atoms with Gasteiger partial charge in [-0.15, -0.1) is 0 Å². The summed E-state index contributed by atoms with van der Waals surface area (Å²) in [7, 11) is 0. The third kappa shape index (κ3) is 4.32. The highest BCUT2D eigenvalue weighted by atomic mass is 35.5. The summed E-state index contributed by atoms with van der Waals surface area (Å²) in [5.74, 6) is -1.49. The molecule has 1 amide bonds. The van der Waals surface area contributed by atoms with Gasteiger partial charge in [0.05, 0.1) is 17.7 Å². The fraction of sp³-hybridized carbons (Fsp3) is 0.385. The van der Waals surface area contributed by atoms with E-state index in [0.29, 0.717) is 23.7 Å². The van der Waals surface area contributed by atoms with Crippen LogP contribution in [0.1, 0.15) is 56.3 Å². The second kappa shape index (κ2) is 8.72. The molecule has 0 unspecified atom stereocenters. The first-order valence-corrected chi connectivity index (χ1v) is 11.3. The monoisotopic (exact) mass is 453 g/mol. The molecule has 1 N–H and O–H groups in total. The Balaban J connectivity index is 1.81. The van der Waals surface area contributed by atoms with E-state index in [9.17, 15) is 14.7 Å². The second-order valence-electron chi connectivity index (χ2n) is 9.47. The molecule has 2 aliphatic rings. The summed E-state index contributed by atoms with van der Waals surface area (Å²) in [4.78, 5) is 27.7. The number of likely N-dealkylation sites (tertiary alicyclic amines) is 1. The van der Waals surface area contributed by atoms with E-state index >= 15 is 0 Å². The van der Waals surface area contributed by atoms with Gasteiger partial charge < -0.3 is 14.7 Å². The van der Waals surface area contributed by atoms with Gasteiger partial charge in [0, 0.05) is 23.7 Å². The van der Waals surface area contributed by atoms with Gasteiger partial charge in [-0.3, -0.25) is 9.59 Å². The average molecular weight is 454 g/mol. The number of aliphatic hydroxyl groups excluding tert-OH is 1. The molecular formula is C26H28ClNO4. The molecule has 6 heteroatoms. The highest BCUT2D eigenvalue weighted by Crippen LogP contribution is 2.40. The van der Waals surface area contributed by atoms with Crippen molar-refractivity contribution in [1.82, 2.24) is 4.90 Å². The van der Waals surface area contributed by atoms with Crippen LogP contribution in [0, 0.1) is 0 Å². The Hall–Kier alpha value is -2.63. The molecule has 0 radical (unpaired) electrons. The van der Waals surface area contributed by atoms with Gasteiger partial charge in [0.2, 0.25) is 0 Å². The Labute approximate surface area is 193 Å². The number of ketones is 1. The lowest BCUT2D eigenvalue weighted by Crippen LogP contribution is -2.36.